The minimum absolute atomic E-state index is 0.237. The van der Waals surface area contributed by atoms with E-state index in [2.05, 4.69) is 21.2 Å². The van der Waals surface area contributed by atoms with E-state index in [0.29, 0.717) is 24.2 Å². The summed E-state index contributed by atoms with van der Waals surface area (Å²) in [5.74, 6) is -0.693. The van der Waals surface area contributed by atoms with Gasteiger partial charge in [0.05, 0.1) is 23.8 Å². The zero-order chi connectivity index (χ0) is 20.7. The topological polar surface area (TPSA) is 75.7 Å². The Morgan fingerprint density at radius 2 is 1.79 bits per heavy atom. The Bertz CT molecular complexity index is 969. The second-order valence-corrected chi connectivity index (χ2v) is 8.51. The Hall–Kier alpha value is -2.67. The van der Waals surface area contributed by atoms with Crippen LogP contribution < -0.4 is 10.1 Å². The van der Waals surface area contributed by atoms with Crippen LogP contribution in [0.1, 0.15) is 52.6 Å². The van der Waals surface area contributed by atoms with Gasteiger partial charge in [0, 0.05) is 16.5 Å². The van der Waals surface area contributed by atoms with E-state index in [1.807, 2.05) is 32.0 Å². The Morgan fingerprint density at radius 1 is 1.14 bits per heavy atom. The summed E-state index contributed by atoms with van der Waals surface area (Å²) in [6, 6.07) is 11.2. The molecule has 0 aromatic heterocycles. The van der Waals surface area contributed by atoms with Gasteiger partial charge in [0.25, 0.3) is 11.8 Å². The van der Waals surface area contributed by atoms with Gasteiger partial charge in [0.15, 0.2) is 0 Å². The van der Waals surface area contributed by atoms with Crippen LogP contribution in [0.5, 0.6) is 5.75 Å². The maximum Gasteiger partial charge on any atom is 0.262 e. The highest BCUT2D eigenvalue weighted by Crippen LogP contribution is 2.35. The quantitative estimate of drug-likeness (QED) is 0.711. The SMILES string of the molecule is CC(C)C(C(=O)NC1CCOc2ccc(Br)cc21)N1C(=O)c2ccccc2C1=O. The fourth-order valence-corrected chi connectivity index (χ4v) is 4.33. The molecule has 0 aliphatic carbocycles. The van der Waals surface area contributed by atoms with Crippen molar-refractivity contribution in [3.05, 3.63) is 63.6 Å². The first-order valence-electron chi connectivity index (χ1n) is 9.58. The monoisotopic (exact) mass is 456 g/mol. The summed E-state index contributed by atoms with van der Waals surface area (Å²) in [6.45, 7) is 4.16. The summed E-state index contributed by atoms with van der Waals surface area (Å²) in [6.07, 6.45) is 0.613. The summed E-state index contributed by atoms with van der Waals surface area (Å²) < 4.78 is 6.57. The molecule has 4 rings (SSSR count). The van der Waals surface area contributed by atoms with Gasteiger partial charge in [0.2, 0.25) is 5.91 Å². The van der Waals surface area contributed by atoms with Crippen molar-refractivity contribution in [3.8, 4) is 5.75 Å². The number of nitrogens with zero attached hydrogens (tertiary/aromatic N) is 1. The number of imide groups is 1. The molecule has 29 heavy (non-hydrogen) atoms. The average Bonchev–Trinajstić information content (AvgIpc) is 2.94. The average molecular weight is 457 g/mol. The van der Waals surface area contributed by atoms with Crippen LogP contribution in [-0.4, -0.2) is 35.3 Å². The molecule has 0 saturated carbocycles. The van der Waals surface area contributed by atoms with Crippen LogP contribution in [0.2, 0.25) is 0 Å². The molecule has 6 nitrogen and oxygen atoms in total. The number of fused-ring (bicyclic) bond motifs is 2. The Morgan fingerprint density at radius 3 is 2.41 bits per heavy atom. The minimum Gasteiger partial charge on any atom is -0.493 e. The van der Waals surface area contributed by atoms with Crippen LogP contribution in [0.3, 0.4) is 0 Å². The minimum atomic E-state index is -0.888. The molecular weight excluding hydrogens is 436 g/mol. The number of ether oxygens (including phenoxy) is 1. The first-order valence-corrected chi connectivity index (χ1v) is 10.4. The standard InChI is InChI=1S/C22H21BrN2O4/c1-12(2)19(25-21(27)14-5-3-4-6-15(14)22(25)28)20(26)24-17-9-10-29-18-8-7-13(23)11-16(17)18/h3-8,11-12,17,19H,9-10H2,1-2H3,(H,24,26). The van der Waals surface area contributed by atoms with Crippen molar-refractivity contribution in [2.75, 3.05) is 6.61 Å². The highest BCUT2D eigenvalue weighted by molar-refractivity contribution is 9.10. The predicted octanol–water partition coefficient (Wildman–Crippen LogP) is 3.71. The van der Waals surface area contributed by atoms with Gasteiger partial charge in [-0.1, -0.05) is 41.9 Å². The van der Waals surface area contributed by atoms with Crippen LogP contribution in [0.4, 0.5) is 0 Å². The van der Waals surface area contributed by atoms with E-state index in [0.717, 1.165) is 20.7 Å². The number of rotatable bonds is 4. The molecule has 0 saturated heterocycles. The largest absolute Gasteiger partial charge is 0.493 e. The van der Waals surface area contributed by atoms with E-state index in [1.165, 1.54) is 0 Å². The van der Waals surface area contributed by atoms with Gasteiger partial charge in [-0.25, -0.2) is 0 Å². The van der Waals surface area contributed by atoms with Crippen LogP contribution in [0, 0.1) is 5.92 Å². The fraction of sp³-hybridized carbons (Fsp3) is 0.318. The summed E-state index contributed by atoms with van der Waals surface area (Å²) in [7, 11) is 0. The molecule has 7 heteroatoms. The third kappa shape index (κ3) is 3.44. The molecule has 0 bridgehead atoms. The zero-order valence-electron chi connectivity index (χ0n) is 16.1. The van der Waals surface area contributed by atoms with Gasteiger partial charge < -0.3 is 10.1 Å². The molecule has 2 unspecified atom stereocenters. The van der Waals surface area contributed by atoms with Gasteiger partial charge in [-0.05, 0) is 36.2 Å². The van der Waals surface area contributed by atoms with Crippen molar-refractivity contribution in [3.63, 3.8) is 0 Å². The van der Waals surface area contributed by atoms with E-state index < -0.39 is 17.9 Å². The van der Waals surface area contributed by atoms with Gasteiger partial charge >= 0.3 is 0 Å². The van der Waals surface area contributed by atoms with Crippen molar-refractivity contribution >= 4 is 33.7 Å². The molecule has 0 fully saturated rings. The van der Waals surface area contributed by atoms with E-state index in [1.54, 1.807) is 24.3 Å². The third-order valence-corrected chi connectivity index (χ3v) is 5.82. The summed E-state index contributed by atoms with van der Waals surface area (Å²) in [5, 5.41) is 3.04. The second kappa shape index (κ2) is 7.63. The zero-order valence-corrected chi connectivity index (χ0v) is 17.7. The third-order valence-electron chi connectivity index (χ3n) is 5.33. The molecule has 2 aliphatic rings. The second-order valence-electron chi connectivity index (χ2n) is 7.60. The molecule has 150 valence electrons. The molecule has 0 radical (unpaired) electrons. The molecule has 2 aliphatic heterocycles. The lowest BCUT2D eigenvalue weighted by Gasteiger charge is -2.32. The number of benzene rings is 2. The Kier molecular flexibility index (Phi) is 5.17. The Labute approximate surface area is 177 Å². The number of carbonyl (C=O) groups excluding carboxylic acids is 3. The van der Waals surface area contributed by atoms with Gasteiger partial charge in [-0.3, -0.25) is 19.3 Å². The lowest BCUT2D eigenvalue weighted by atomic mass is 9.97. The van der Waals surface area contributed by atoms with Crippen LogP contribution in [-0.2, 0) is 4.79 Å². The first-order chi connectivity index (χ1) is 13.9. The molecule has 3 amide bonds. The molecule has 2 aromatic carbocycles. The number of carbonyl (C=O) groups is 3. The number of hydrogen-bond donors (Lipinski definition) is 1. The number of nitrogens with one attached hydrogen (secondary N) is 1. The maximum atomic E-state index is 13.3. The van der Waals surface area contributed by atoms with Crippen LogP contribution in [0.15, 0.2) is 46.9 Å². The number of halogens is 1. The highest BCUT2D eigenvalue weighted by atomic mass is 79.9. The summed E-state index contributed by atoms with van der Waals surface area (Å²) in [5.41, 5.74) is 1.57. The van der Waals surface area contributed by atoms with Crippen LogP contribution >= 0.6 is 15.9 Å². The first kappa shape index (κ1) is 19.6. The molecule has 1 N–H and O–H groups in total. The van der Waals surface area contributed by atoms with Crippen molar-refractivity contribution in [2.24, 2.45) is 5.92 Å². The van der Waals surface area contributed by atoms with Crippen molar-refractivity contribution in [2.45, 2.75) is 32.4 Å². The van der Waals surface area contributed by atoms with E-state index in [9.17, 15) is 14.4 Å². The molecule has 0 spiro atoms. The number of amides is 3. The molecule has 2 heterocycles. The predicted molar refractivity (Wildman–Crippen MR) is 111 cm³/mol. The van der Waals surface area contributed by atoms with Gasteiger partial charge in [-0.15, -0.1) is 0 Å². The van der Waals surface area contributed by atoms with E-state index >= 15 is 0 Å². The fourth-order valence-electron chi connectivity index (χ4n) is 3.95. The van der Waals surface area contributed by atoms with E-state index in [-0.39, 0.29) is 17.9 Å². The van der Waals surface area contributed by atoms with Crippen LogP contribution in [0.25, 0.3) is 0 Å². The van der Waals surface area contributed by atoms with E-state index in [4.69, 9.17) is 4.74 Å². The Balaban J connectivity index is 1.62. The molecule has 2 atom stereocenters. The highest BCUT2D eigenvalue weighted by Gasteiger charge is 2.44. The number of hydrogen-bond acceptors (Lipinski definition) is 4. The maximum absolute atomic E-state index is 13.3. The van der Waals surface area contributed by atoms with Crippen molar-refractivity contribution in [1.29, 1.82) is 0 Å². The summed E-state index contributed by atoms with van der Waals surface area (Å²) >= 11 is 3.46. The molecule has 2 aromatic rings. The van der Waals surface area contributed by atoms with Gasteiger partial charge in [0.1, 0.15) is 11.8 Å². The molecular formula is C22H21BrN2O4. The van der Waals surface area contributed by atoms with Gasteiger partial charge in [-0.2, -0.15) is 0 Å². The normalized spacial score (nSPS) is 18.9. The summed E-state index contributed by atoms with van der Waals surface area (Å²) in [4.78, 5) is 40.2. The lowest BCUT2D eigenvalue weighted by Crippen LogP contribution is -2.53. The van der Waals surface area contributed by atoms with Crippen molar-refractivity contribution < 1.29 is 19.1 Å². The lowest BCUT2D eigenvalue weighted by molar-refractivity contribution is -0.127. The van der Waals surface area contributed by atoms with Crippen molar-refractivity contribution in [1.82, 2.24) is 10.2 Å². The smallest absolute Gasteiger partial charge is 0.262 e.